The monoisotopic (exact) mass is 183 g/mol. The van der Waals surface area contributed by atoms with Gasteiger partial charge in [0.05, 0.1) is 6.04 Å². The van der Waals surface area contributed by atoms with Gasteiger partial charge in [0.15, 0.2) is 0 Å². The molecule has 2 saturated heterocycles. The Balaban J connectivity index is 2.03. The zero-order valence-electron chi connectivity index (χ0n) is 7.62. The minimum absolute atomic E-state index is 0.00759. The van der Waals surface area contributed by atoms with E-state index < -0.39 is 0 Å². The van der Waals surface area contributed by atoms with E-state index in [9.17, 15) is 9.59 Å². The number of carbonyl (C=O) groups is 2. The third-order valence-electron chi connectivity index (χ3n) is 2.68. The molecule has 0 aromatic rings. The van der Waals surface area contributed by atoms with Crippen molar-refractivity contribution in [3.63, 3.8) is 0 Å². The highest BCUT2D eigenvalue weighted by Gasteiger charge is 2.35. The molecule has 3 amide bonds. The summed E-state index contributed by atoms with van der Waals surface area (Å²) in [6.07, 6.45) is 0. The average molecular weight is 183 g/mol. The number of urea groups is 1. The lowest BCUT2D eigenvalue weighted by molar-refractivity contribution is -0.130. The molecule has 72 valence electrons. The minimum atomic E-state index is 0.00759. The summed E-state index contributed by atoms with van der Waals surface area (Å²) in [6, 6.07) is 0.193. The number of rotatable bonds is 0. The smallest absolute Gasteiger partial charge is 0.317 e. The van der Waals surface area contributed by atoms with Crippen molar-refractivity contribution in [2.45, 2.75) is 13.0 Å². The van der Waals surface area contributed by atoms with E-state index in [-0.39, 0.29) is 18.0 Å². The van der Waals surface area contributed by atoms with Crippen molar-refractivity contribution in [2.24, 2.45) is 0 Å². The molecule has 2 aliphatic rings. The fraction of sp³-hybridized carbons (Fsp3) is 0.750. The van der Waals surface area contributed by atoms with Crippen LogP contribution in [0.2, 0.25) is 0 Å². The molecule has 5 heteroatoms. The number of fused-ring (bicyclic) bond motifs is 1. The molecule has 2 fully saturated rings. The highest BCUT2D eigenvalue weighted by Crippen LogP contribution is 2.13. The molecule has 0 aromatic heterocycles. The lowest BCUT2D eigenvalue weighted by Crippen LogP contribution is -2.53. The maximum Gasteiger partial charge on any atom is 0.317 e. The van der Waals surface area contributed by atoms with Crippen molar-refractivity contribution >= 4 is 11.9 Å². The van der Waals surface area contributed by atoms with Crippen LogP contribution in [0.1, 0.15) is 6.92 Å². The second-order valence-corrected chi connectivity index (χ2v) is 3.50. The van der Waals surface area contributed by atoms with E-state index in [0.717, 1.165) is 0 Å². The largest absolute Gasteiger partial charge is 0.339 e. The van der Waals surface area contributed by atoms with Crippen LogP contribution in [0, 0.1) is 0 Å². The van der Waals surface area contributed by atoms with Crippen molar-refractivity contribution < 1.29 is 9.59 Å². The van der Waals surface area contributed by atoms with Gasteiger partial charge in [0, 0.05) is 33.1 Å². The summed E-state index contributed by atoms with van der Waals surface area (Å²) in [7, 11) is 0. The lowest BCUT2D eigenvalue weighted by atomic mass is 10.2. The van der Waals surface area contributed by atoms with E-state index in [0.29, 0.717) is 26.2 Å². The number of nitrogens with zero attached hydrogens (tertiary/aromatic N) is 2. The van der Waals surface area contributed by atoms with Gasteiger partial charge >= 0.3 is 6.03 Å². The fourth-order valence-electron chi connectivity index (χ4n) is 1.89. The first-order valence-electron chi connectivity index (χ1n) is 4.48. The topological polar surface area (TPSA) is 52.7 Å². The van der Waals surface area contributed by atoms with Crippen molar-refractivity contribution in [1.82, 2.24) is 15.1 Å². The molecule has 1 N–H and O–H groups in total. The second kappa shape index (κ2) is 2.90. The summed E-state index contributed by atoms with van der Waals surface area (Å²) >= 11 is 0. The Hall–Kier alpha value is -1.26. The Morgan fingerprint density at radius 3 is 3.00 bits per heavy atom. The summed E-state index contributed by atoms with van der Waals surface area (Å²) in [5.74, 6) is 0.0963. The summed E-state index contributed by atoms with van der Waals surface area (Å²) in [6.45, 7) is 4.24. The minimum Gasteiger partial charge on any atom is -0.339 e. The van der Waals surface area contributed by atoms with Crippen molar-refractivity contribution in [2.75, 3.05) is 26.2 Å². The number of hydrogen-bond acceptors (Lipinski definition) is 2. The van der Waals surface area contributed by atoms with Gasteiger partial charge < -0.3 is 15.1 Å². The van der Waals surface area contributed by atoms with E-state index in [1.54, 1.807) is 16.7 Å². The Morgan fingerprint density at radius 1 is 1.54 bits per heavy atom. The van der Waals surface area contributed by atoms with E-state index in [2.05, 4.69) is 5.32 Å². The Bertz CT molecular complexity index is 254. The van der Waals surface area contributed by atoms with Gasteiger partial charge in [-0.15, -0.1) is 0 Å². The normalized spacial score (nSPS) is 27.2. The first kappa shape index (κ1) is 8.34. The molecule has 0 spiro atoms. The van der Waals surface area contributed by atoms with Crippen LogP contribution in [0.4, 0.5) is 4.79 Å². The zero-order chi connectivity index (χ0) is 9.42. The lowest BCUT2D eigenvalue weighted by Gasteiger charge is -2.35. The quantitative estimate of drug-likeness (QED) is 0.537. The summed E-state index contributed by atoms with van der Waals surface area (Å²) in [5, 5.41) is 2.77. The average Bonchev–Trinajstić information content (AvgIpc) is 2.47. The standard InChI is InChI=1S/C8H13N3O2/c1-6(12)10-2-3-11-7(5-10)4-9-8(11)13/h7H,2-5H2,1H3,(H,9,13). The van der Waals surface area contributed by atoms with Crippen LogP contribution in [0.3, 0.4) is 0 Å². The molecule has 0 saturated carbocycles. The highest BCUT2D eigenvalue weighted by atomic mass is 16.2. The number of piperazine rings is 1. The molecule has 0 radical (unpaired) electrons. The summed E-state index contributed by atoms with van der Waals surface area (Å²) in [4.78, 5) is 25.9. The zero-order valence-corrected chi connectivity index (χ0v) is 7.62. The number of carbonyl (C=O) groups excluding carboxylic acids is 2. The molecule has 1 unspecified atom stereocenters. The van der Waals surface area contributed by atoms with Crippen molar-refractivity contribution in [3.05, 3.63) is 0 Å². The predicted molar refractivity (Wildman–Crippen MR) is 46.1 cm³/mol. The van der Waals surface area contributed by atoms with E-state index in [4.69, 9.17) is 0 Å². The summed E-state index contributed by atoms with van der Waals surface area (Å²) in [5.41, 5.74) is 0. The number of hydrogen-bond donors (Lipinski definition) is 1. The maximum absolute atomic E-state index is 11.2. The third-order valence-corrected chi connectivity index (χ3v) is 2.68. The van der Waals surface area contributed by atoms with Gasteiger partial charge in [-0.05, 0) is 0 Å². The van der Waals surface area contributed by atoms with Crippen LogP contribution in [0.25, 0.3) is 0 Å². The van der Waals surface area contributed by atoms with Gasteiger partial charge in [0.2, 0.25) is 5.91 Å². The molecular weight excluding hydrogens is 170 g/mol. The molecule has 0 aliphatic carbocycles. The summed E-state index contributed by atoms with van der Waals surface area (Å²) < 4.78 is 0. The van der Waals surface area contributed by atoms with Gasteiger partial charge in [0.25, 0.3) is 0 Å². The van der Waals surface area contributed by atoms with Gasteiger partial charge in [-0.3, -0.25) is 4.79 Å². The Labute approximate surface area is 76.7 Å². The van der Waals surface area contributed by atoms with E-state index in [1.165, 1.54) is 0 Å². The van der Waals surface area contributed by atoms with Gasteiger partial charge in [-0.25, -0.2) is 4.79 Å². The molecule has 1 atom stereocenters. The molecule has 2 rings (SSSR count). The third kappa shape index (κ3) is 1.34. The molecule has 0 aromatic carbocycles. The van der Waals surface area contributed by atoms with Gasteiger partial charge in [-0.1, -0.05) is 0 Å². The van der Waals surface area contributed by atoms with Crippen molar-refractivity contribution in [1.29, 1.82) is 0 Å². The maximum atomic E-state index is 11.2. The molecule has 2 heterocycles. The molecule has 2 aliphatic heterocycles. The van der Waals surface area contributed by atoms with Crippen molar-refractivity contribution in [3.8, 4) is 0 Å². The van der Waals surface area contributed by atoms with Crippen LogP contribution in [-0.2, 0) is 4.79 Å². The number of amides is 3. The molecular formula is C8H13N3O2. The predicted octanol–water partition coefficient (Wildman–Crippen LogP) is -0.758. The molecule has 13 heavy (non-hydrogen) atoms. The Kier molecular flexibility index (Phi) is 1.86. The van der Waals surface area contributed by atoms with Crippen LogP contribution >= 0.6 is 0 Å². The first-order chi connectivity index (χ1) is 6.18. The van der Waals surface area contributed by atoms with Crippen LogP contribution < -0.4 is 5.32 Å². The fourth-order valence-corrected chi connectivity index (χ4v) is 1.89. The van der Waals surface area contributed by atoms with Gasteiger partial charge in [0.1, 0.15) is 0 Å². The highest BCUT2D eigenvalue weighted by molar-refractivity contribution is 5.78. The van der Waals surface area contributed by atoms with Crippen LogP contribution in [0.15, 0.2) is 0 Å². The number of nitrogens with one attached hydrogen (secondary N) is 1. The van der Waals surface area contributed by atoms with Crippen LogP contribution in [-0.4, -0.2) is 54.0 Å². The SMILES string of the molecule is CC(=O)N1CCN2C(=O)NCC2C1. The van der Waals surface area contributed by atoms with E-state index in [1.807, 2.05) is 0 Å². The molecule has 0 bridgehead atoms. The van der Waals surface area contributed by atoms with E-state index >= 15 is 0 Å². The van der Waals surface area contributed by atoms with Crippen LogP contribution in [0.5, 0.6) is 0 Å². The van der Waals surface area contributed by atoms with Gasteiger partial charge in [-0.2, -0.15) is 0 Å². The second-order valence-electron chi connectivity index (χ2n) is 3.50. The first-order valence-corrected chi connectivity index (χ1v) is 4.48. The Morgan fingerprint density at radius 2 is 2.31 bits per heavy atom. The molecule has 5 nitrogen and oxygen atoms in total.